The summed E-state index contributed by atoms with van der Waals surface area (Å²) in [6, 6.07) is 0. The molecule has 1 amide bonds. The van der Waals surface area contributed by atoms with E-state index in [1.54, 1.807) is 0 Å². The maximum Gasteiger partial charge on any atom is 0.408 e. The quantitative estimate of drug-likeness (QED) is 0.545. The summed E-state index contributed by atoms with van der Waals surface area (Å²) in [5, 5.41) is 2.53. The van der Waals surface area contributed by atoms with E-state index in [2.05, 4.69) is 24.9 Å². The molecule has 0 radical (unpaired) electrons. The highest BCUT2D eigenvalue weighted by atomic mass is 32.1. The molecule has 1 fully saturated rings. The molecular weight excluding hydrogens is 186 g/mol. The van der Waals surface area contributed by atoms with Gasteiger partial charge < -0.3 is 10.1 Å². The van der Waals surface area contributed by atoms with Crippen molar-refractivity contribution in [2.75, 3.05) is 5.88 Å². The van der Waals surface area contributed by atoms with Crippen LogP contribution in [0.1, 0.15) is 39.0 Å². The molecule has 0 aliphatic heterocycles. The van der Waals surface area contributed by atoms with E-state index in [4.69, 9.17) is 4.74 Å². The summed E-state index contributed by atoms with van der Waals surface area (Å²) in [6.45, 7) is 2.07. The molecule has 76 valence electrons. The largest absolute Gasteiger partial charge is 0.443 e. The Bertz CT molecular complexity index is 178. The zero-order valence-corrected chi connectivity index (χ0v) is 8.90. The number of hydrogen-bond acceptors (Lipinski definition) is 3. The van der Waals surface area contributed by atoms with Crippen LogP contribution in [-0.4, -0.2) is 17.6 Å². The molecule has 0 aromatic carbocycles. The van der Waals surface area contributed by atoms with Gasteiger partial charge in [-0.15, -0.1) is 0 Å². The number of carbonyl (C=O) groups excluding carboxylic acids is 1. The number of nitrogens with one attached hydrogen (secondary N) is 1. The zero-order chi connectivity index (χ0) is 9.73. The first-order valence-electron chi connectivity index (χ1n) is 4.80. The highest BCUT2D eigenvalue weighted by Crippen LogP contribution is 2.35. The Morgan fingerprint density at radius 2 is 2.15 bits per heavy atom. The third kappa shape index (κ3) is 2.79. The van der Waals surface area contributed by atoms with Crippen LogP contribution >= 0.6 is 12.6 Å². The lowest BCUT2D eigenvalue weighted by molar-refractivity contribution is 0.0139. The predicted octanol–water partition coefficient (Wildman–Crippen LogP) is 2.32. The van der Waals surface area contributed by atoms with Crippen molar-refractivity contribution in [3.63, 3.8) is 0 Å². The van der Waals surface area contributed by atoms with Gasteiger partial charge in [0.25, 0.3) is 0 Å². The second kappa shape index (κ2) is 4.74. The van der Waals surface area contributed by atoms with E-state index in [-0.39, 0.29) is 11.7 Å². The number of rotatable bonds is 3. The lowest BCUT2D eigenvalue weighted by Crippen LogP contribution is -2.36. The van der Waals surface area contributed by atoms with Crippen LogP contribution in [0.2, 0.25) is 0 Å². The second-order valence-electron chi connectivity index (χ2n) is 3.47. The van der Waals surface area contributed by atoms with Crippen molar-refractivity contribution in [3.8, 4) is 0 Å². The van der Waals surface area contributed by atoms with Gasteiger partial charge in [-0.3, -0.25) is 0 Å². The first-order chi connectivity index (χ1) is 6.22. The molecule has 1 aliphatic rings. The fourth-order valence-corrected chi connectivity index (χ4v) is 1.97. The SMILES string of the molecule is CCC1(OC(=O)NCS)CCCC1. The molecule has 1 N–H and O–H groups in total. The highest BCUT2D eigenvalue weighted by Gasteiger charge is 2.35. The van der Waals surface area contributed by atoms with Crippen LogP contribution in [0.15, 0.2) is 0 Å². The third-order valence-electron chi connectivity index (χ3n) is 2.69. The van der Waals surface area contributed by atoms with Crippen LogP contribution in [0.3, 0.4) is 0 Å². The smallest absolute Gasteiger partial charge is 0.408 e. The van der Waals surface area contributed by atoms with Crippen molar-refractivity contribution >= 4 is 18.7 Å². The van der Waals surface area contributed by atoms with Crippen LogP contribution in [0.5, 0.6) is 0 Å². The normalized spacial score (nSPS) is 19.8. The molecule has 0 heterocycles. The Hall–Kier alpha value is -0.380. The Morgan fingerprint density at radius 3 is 2.62 bits per heavy atom. The van der Waals surface area contributed by atoms with E-state index in [1.807, 2.05) is 0 Å². The van der Waals surface area contributed by atoms with Gasteiger partial charge in [0.1, 0.15) is 5.60 Å². The van der Waals surface area contributed by atoms with Gasteiger partial charge in [0, 0.05) is 0 Å². The highest BCUT2D eigenvalue weighted by molar-refractivity contribution is 7.80. The van der Waals surface area contributed by atoms with Crippen LogP contribution in [-0.2, 0) is 4.74 Å². The third-order valence-corrected chi connectivity index (χ3v) is 2.85. The van der Waals surface area contributed by atoms with E-state index >= 15 is 0 Å². The summed E-state index contributed by atoms with van der Waals surface area (Å²) in [7, 11) is 0. The first-order valence-corrected chi connectivity index (χ1v) is 5.43. The maximum atomic E-state index is 11.2. The van der Waals surface area contributed by atoms with Gasteiger partial charge in [-0.1, -0.05) is 6.92 Å². The number of ether oxygens (including phenoxy) is 1. The summed E-state index contributed by atoms with van der Waals surface area (Å²) < 4.78 is 5.39. The standard InChI is InChI=1S/C9H17NO2S/c1-2-9(5-3-4-6-9)12-8(11)10-7-13/h13H,2-7H2,1H3,(H,10,11). The van der Waals surface area contributed by atoms with E-state index in [0.717, 1.165) is 19.3 Å². The average molecular weight is 203 g/mol. The summed E-state index contributed by atoms with van der Waals surface area (Å²) in [4.78, 5) is 11.2. The van der Waals surface area contributed by atoms with Crippen molar-refractivity contribution in [2.24, 2.45) is 0 Å². The molecule has 3 nitrogen and oxygen atoms in total. The van der Waals surface area contributed by atoms with Crippen molar-refractivity contribution in [1.29, 1.82) is 0 Å². The van der Waals surface area contributed by atoms with Crippen molar-refractivity contribution in [2.45, 2.75) is 44.6 Å². The van der Waals surface area contributed by atoms with E-state index in [1.165, 1.54) is 12.8 Å². The minimum atomic E-state index is -0.334. The predicted molar refractivity (Wildman–Crippen MR) is 55.0 cm³/mol. The summed E-state index contributed by atoms with van der Waals surface area (Å²) in [6.07, 6.45) is 4.92. The number of hydrogen-bond donors (Lipinski definition) is 2. The lowest BCUT2D eigenvalue weighted by atomic mass is 9.99. The molecule has 0 bridgehead atoms. The summed E-state index contributed by atoms with van der Waals surface area (Å²) in [5.41, 5.74) is -0.187. The molecule has 13 heavy (non-hydrogen) atoms. The number of carbonyl (C=O) groups is 1. The fourth-order valence-electron chi connectivity index (χ4n) is 1.84. The van der Waals surface area contributed by atoms with Gasteiger partial charge in [-0.2, -0.15) is 12.6 Å². The van der Waals surface area contributed by atoms with Gasteiger partial charge in [-0.25, -0.2) is 4.79 Å². The average Bonchev–Trinajstić information content (AvgIpc) is 2.54. The van der Waals surface area contributed by atoms with Crippen LogP contribution in [0.25, 0.3) is 0 Å². The van der Waals surface area contributed by atoms with E-state index in [0.29, 0.717) is 5.88 Å². The second-order valence-corrected chi connectivity index (χ2v) is 3.78. The van der Waals surface area contributed by atoms with E-state index in [9.17, 15) is 4.79 Å². The van der Waals surface area contributed by atoms with Gasteiger partial charge >= 0.3 is 6.09 Å². The first kappa shape index (κ1) is 10.7. The number of amides is 1. The van der Waals surface area contributed by atoms with Gasteiger partial charge in [-0.05, 0) is 32.1 Å². The Morgan fingerprint density at radius 1 is 1.54 bits per heavy atom. The minimum absolute atomic E-state index is 0.187. The minimum Gasteiger partial charge on any atom is -0.443 e. The van der Waals surface area contributed by atoms with Gasteiger partial charge in [0.05, 0.1) is 5.88 Å². The Kier molecular flexibility index (Phi) is 3.90. The molecule has 1 rings (SSSR count). The number of alkyl carbamates (subject to hydrolysis) is 1. The van der Waals surface area contributed by atoms with Gasteiger partial charge in [0.15, 0.2) is 0 Å². The molecule has 0 saturated heterocycles. The monoisotopic (exact) mass is 203 g/mol. The molecule has 0 unspecified atom stereocenters. The lowest BCUT2D eigenvalue weighted by Gasteiger charge is -2.27. The Balaban J connectivity index is 2.43. The van der Waals surface area contributed by atoms with Crippen molar-refractivity contribution < 1.29 is 9.53 Å². The number of thiol groups is 1. The molecular formula is C9H17NO2S. The molecule has 1 saturated carbocycles. The van der Waals surface area contributed by atoms with Crippen LogP contribution in [0, 0.1) is 0 Å². The Labute approximate surface area is 84.6 Å². The topological polar surface area (TPSA) is 38.3 Å². The summed E-state index contributed by atoms with van der Waals surface area (Å²) in [5.74, 6) is 0.332. The molecule has 0 atom stereocenters. The molecule has 1 aliphatic carbocycles. The maximum absolute atomic E-state index is 11.2. The molecule has 0 aromatic rings. The van der Waals surface area contributed by atoms with Gasteiger partial charge in [0.2, 0.25) is 0 Å². The van der Waals surface area contributed by atoms with Crippen molar-refractivity contribution in [1.82, 2.24) is 5.32 Å². The molecule has 0 aromatic heterocycles. The van der Waals surface area contributed by atoms with E-state index < -0.39 is 0 Å². The van der Waals surface area contributed by atoms with Crippen molar-refractivity contribution in [3.05, 3.63) is 0 Å². The fraction of sp³-hybridized carbons (Fsp3) is 0.889. The molecule has 0 spiro atoms. The van der Waals surface area contributed by atoms with Crippen LogP contribution < -0.4 is 5.32 Å². The van der Waals surface area contributed by atoms with Crippen LogP contribution in [0.4, 0.5) is 4.79 Å². The molecule has 4 heteroatoms. The zero-order valence-electron chi connectivity index (χ0n) is 8.01. The summed E-state index contributed by atoms with van der Waals surface area (Å²) >= 11 is 3.90.